The molecule has 1 unspecified atom stereocenters. The Balaban J connectivity index is 2.12. The molecular weight excluding hydrogens is 596 g/mol. The standard InChI is InChI=1S/C23H26F3N4O7PS2/c24-23(25,26)20-19-16(13-29)21(36-11-5-9-28)17(35-10-4-8-27)12-18(19)39-22(20)40(33,34)30-14-38(31,32)37-15-6-2-1-3-7-15/h1-3,6-7,12,30H,4-5,8-11,14,27-28H2,(H,31,32). The fraction of sp³-hybridized carbons (Fsp3) is 0.348. The lowest BCUT2D eigenvalue weighted by atomic mass is 10.0. The molecule has 3 rings (SSSR count). The molecule has 0 saturated carbocycles. The molecule has 6 N–H and O–H groups in total. The maximum Gasteiger partial charge on any atom is 0.419 e. The number of sulfonamides is 1. The predicted molar refractivity (Wildman–Crippen MR) is 142 cm³/mol. The Bertz CT molecular complexity index is 1530. The Labute approximate surface area is 232 Å². The van der Waals surface area contributed by atoms with Gasteiger partial charge in [-0.15, -0.1) is 11.3 Å². The van der Waals surface area contributed by atoms with Crippen molar-refractivity contribution in [1.82, 2.24) is 4.72 Å². The first kappa shape index (κ1) is 31.6. The molecule has 0 radical (unpaired) electrons. The predicted octanol–water partition coefficient (Wildman–Crippen LogP) is 3.75. The number of rotatable bonds is 14. The van der Waals surface area contributed by atoms with Gasteiger partial charge >= 0.3 is 13.8 Å². The zero-order valence-electron chi connectivity index (χ0n) is 20.8. The van der Waals surface area contributed by atoms with Crippen molar-refractivity contribution < 1.29 is 45.0 Å². The van der Waals surface area contributed by atoms with Crippen molar-refractivity contribution in [3.05, 3.63) is 47.5 Å². The molecule has 2 aromatic carbocycles. The van der Waals surface area contributed by atoms with Crippen LogP contribution in [0.25, 0.3) is 10.1 Å². The highest BCUT2D eigenvalue weighted by Gasteiger charge is 2.43. The summed E-state index contributed by atoms with van der Waals surface area (Å²) < 4.78 is 98.2. The smallest absolute Gasteiger partial charge is 0.419 e. The first-order valence-electron chi connectivity index (χ1n) is 11.7. The molecule has 0 amide bonds. The van der Waals surface area contributed by atoms with Crippen LogP contribution in [-0.4, -0.2) is 45.9 Å². The summed E-state index contributed by atoms with van der Waals surface area (Å²) in [5, 5.41) is 9.17. The van der Waals surface area contributed by atoms with Crippen LogP contribution in [0.2, 0.25) is 0 Å². The Kier molecular flexibility index (Phi) is 10.4. The van der Waals surface area contributed by atoms with Crippen LogP contribution in [0.15, 0.2) is 40.6 Å². The topological polar surface area (TPSA) is 187 Å². The third-order valence-electron chi connectivity index (χ3n) is 5.15. The fourth-order valence-electron chi connectivity index (χ4n) is 3.44. The molecule has 0 aliphatic carbocycles. The van der Waals surface area contributed by atoms with Crippen LogP contribution >= 0.6 is 18.9 Å². The van der Waals surface area contributed by atoms with Crippen molar-refractivity contribution in [3.8, 4) is 23.3 Å². The first-order chi connectivity index (χ1) is 18.8. The van der Waals surface area contributed by atoms with E-state index < -0.39 is 50.8 Å². The van der Waals surface area contributed by atoms with E-state index in [-0.39, 0.29) is 59.6 Å². The number of benzene rings is 2. The first-order valence-corrected chi connectivity index (χ1v) is 15.7. The number of halogens is 3. The number of alkyl halides is 3. The molecule has 0 saturated heterocycles. The van der Waals surface area contributed by atoms with Gasteiger partial charge in [-0.3, -0.25) is 0 Å². The summed E-state index contributed by atoms with van der Waals surface area (Å²) >= 11 is 0.218. The van der Waals surface area contributed by atoms with Gasteiger partial charge in [0, 0.05) is 16.2 Å². The van der Waals surface area contributed by atoms with Crippen molar-refractivity contribution in [2.75, 3.05) is 32.6 Å². The molecule has 17 heteroatoms. The second-order valence-corrected chi connectivity index (χ2v) is 12.9. The monoisotopic (exact) mass is 622 g/mol. The van der Waals surface area contributed by atoms with Crippen molar-refractivity contribution in [1.29, 1.82) is 5.26 Å². The summed E-state index contributed by atoms with van der Waals surface area (Å²) in [5.74, 6) is -0.414. The number of nitrogens with one attached hydrogen (secondary N) is 1. The van der Waals surface area contributed by atoms with Gasteiger partial charge < -0.3 is 30.4 Å². The molecule has 11 nitrogen and oxygen atoms in total. The van der Waals surface area contributed by atoms with E-state index in [0.29, 0.717) is 12.8 Å². The Morgan fingerprint density at radius 2 is 1.73 bits per heavy atom. The molecule has 1 heterocycles. The number of para-hydroxylation sites is 1. The lowest BCUT2D eigenvalue weighted by Gasteiger charge is -2.16. The van der Waals surface area contributed by atoms with Crippen molar-refractivity contribution in [2.45, 2.75) is 23.2 Å². The summed E-state index contributed by atoms with van der Waals surface area (Å²) in [5.41, 5.74) is 8.74. The van der Waals surface area contributed by atoms with E-state index in [2.05, 4.69) is 0 Å². The van der Waals surface area contributed by atoms with E-state index in [1.54, 1.807) is 16.9 Å². The van der Waals surface area contributed by atoms with Gasteiger partial charge in [0.1, 0.15) is 27.9 Å². The highest BCUT2D eigenvalue weighted by molar-refractivity contribution is 7.92. The van der Waals surface area contributed by atoms with Gasteiger partial charge in [-0.05, 0) is 38.1 Å². The van der Waals surface area contributed by atoms with Crippen LogP contribution in [0.1, 0.15) is 24.0 Å². The summed E-state index contributed by atoms with van der Waals surface area (Å²) in [4.78, 5) is 10.1. The van der Waals surface area contributed by atoms with E-state index in [1.165, 1.54) is 24.3 Å². The Hall–Kier alpha value is -2.90. The summed E-state index contributed by atoms with van der Waals surface area (Å²) in [6, 6.07) is 10.1. The van der Waals surface area contributed by atoms with Crippen LogP contribution in [0, 0.1) is 11.3 Å². The number of fused-ring (bicyclic) bond motifs is 1. The number of hydrogen-bond donors (Lipinski definition) is 4. The zero-order chi connectivity index (χ0) is 29.6. The van der Waals surface area contributed by atoms with Crippen LogP contribution in [0.5, 0.6) is 17.2 Å². The van der Waals surface area contributed by atoms with E-state index in [4.69, 9.17) is 25.5 Å². The van der Waals surface area contributed by atoms with E-state index in [9.17, 15) is 36.3 Å². The SMILES string of the molecule is N#Cc1c(OCCCN)c(OCCCN)cc2sc(S(=O)(=O)NCP(=O)(O)Oc3ccccc3)c(C(F)(F)F)c12. The van der Waals surface area contributed by atoms with Gasteiger partial charge in [0.15, 0.2) is 11.5 Å². The minimum atomic E-state index is -5.24. The minimum Gasteiger partial charge on any atom is -0.490 e. The molecule has 0 fully saturated rings. The molecule has 0 aliphatic heterocycles. The van der Waals surface area contributed by atoms with Gasteiger partial charge in [-0.25, -0.2) is 13.0 Å². The normalized spacial score (nSPS) is 13.5. The third kappa shape index (κ3) is 7.64. The molecule has 3 aromatic rings. The minimum absolute atomic E-state index is 0.0463. The number of nitriles is 1. The van der Waals surface area contributed by atoms with Gasteiger partial charge in [-0.2, -0.15) is 23.2 Å². The molecular formula is C23H26F3N4O7PS2. The Morgan fingerprint density at radius 1 is 1.10 bits per heavy atom. The lowest BCUT2D eigenvalue weighted by molar-refractivity contribution is -0.138. The number of ether oxygens (including phenoxy) is 2. The van der Waals surface area contributed by atoms with Crippen LogP contribution in [0.3, 0.4) is 0 Å². The molecule has 40 heavy (non-hydrogen) atoms. The van der Waals surface area contributed by atoms with Gasteiger partial charge in [0.25, 0.3) is 10.0 Å². The van der Waals surface area contributed by atoms with Crippen LogP contribution < -0.4 is 30.2 Å². The quantitative estimate of drug-likeness (QED) is 0.152. The fourth-order valence-corrected chi connectivity index (χ4v) is 7.78. The molecule has 0 bridgehead atoms. The molecule has 0 aliphatic rings. The van der Waals surface area contributed by atoms with Gasteiger partial charge in [-0.1, -0.05) is 18.2 Å². The van der Waals surface area contributed by atoms with Gasteiger partial charge in [0.2, 0.25) is 0 Å². The average molecular weight is 623 g/mol. The van der Waals surface area contributed by atoms with E-state index in [1.807, 2.05) is 0 Å². The lowest BCUT2D eigenvalue weighted by Crippen LogP contribution is -2.27. The highest BCUT2D eigenvalue weighted by Crippen LogP contribution is 2.50. The second kappa shape index (κ2) is 13.2. The average Bonchev–Trinajstić information content (AvgIpc) is 3.29. The number of hydrogen-bond acceptors (Lipinski definition) is 10. The van der Waals surface area contributed by atoms with E-state index in [0.717, 1.165) is 6.07 Å². The molecule has 218 valence electrons. The number of nitrogens with two attached hydrogens (primary N) is 2. The largest absolute Gasteiger partial charge is 0.490 e. The summed E-state index contributed by atoms with van der Waals surface area (Å²) in [6.45, 7) is 0.466. The van der Waals surface area contributed by atoms with E-state index >= 15 is 0 Å². The van der Waals surface area contributed by atoms with Gasteiger partial charge in [0.05, 0.1) is 18.8 Å². The van der Waals surface area contributed by atoms with Crippen molar-refractivity contribution in [2.24, 2.45) is 11.5 Å². The molecule has 1 aromatic heterocycles. The highest BCUT2D eigenvalue weighted by atomic mass is 32.2. The maximum absolute atomic E-state index is 14.4. The molecule has 0 spiro atoms. The number of nitrogens with zero attached hydrogens (tertiary/aromatic N) is 1. The summed E-state index contributed by atoms with van der Waals surface area (Å²) in [6.07, 6.45) is -5.76. The second-order valence-electron chi connectivity index (χ2n) is 8.16. The molecule has 1 atom stereocenters. The van der Waals surface area contributed by atoms with Crippen molar-refractivity contribution >= 4 is 39.0 Å². The number of thiophene rings is 1. The van der Waals surface area contributed by atoms with Crippen LogP contribution in [-0.2, 0) is 20.8 Å². The van der Waals surface area contributed by atoms with Crippen molar-refractivity contribution in [3.63, 3.8) is 0 Å². The zero-order valence-corrected chi connectivity index (χ0v) is 23.3. The third-order valence-corrected chi connectivity index (χ3v) is 9.48. The maximum atomic E-state index is 14.4. The Morgan fingerprint density at radius 3 is 2.30 bits per heavy atom. The summed E-state index contributed by atoms with van der Waals surface area (Å²) in [7, 11) is -9.71. The van der Waals surface area contributed by atoms with Crippen LogP contribution in [0.4, 0.5) is 13.2 Å².